The van der Waals surface area contributed by atoms with Gasteiger partial charge in [-0.25, -0.2) is 0 Å². The lowest BCUT2D eigenvalue weighted by Gasteiger charge is -2.02. The number of aromatic amines is 1. The molecule has 0 spiro atoms. The lowest BCUT2D eigenvalue weighted by molar-refractivity contribution is 0.215. The summed E-state index contributed by atoms with van der Waals surface area (Å²) in [5.74, 6) is 0. The molecule has 1 atom stereocenters. The Morgan fingerprint density at radius 1 is 1.57 bits per heavy atom. The van der Waals surface area contributed by atoms with Crippen molar-refractivity contribution in [3.63, 3.8) is 0 Å². The van der Waals surface area contributed by atoms with Crippen LogP contribution in [0.3, 0.4) is 0 Å². The predicted molar refractivity (Wildman–Crippen MR) is 48.3 cm³/mol. The summed E-state index contributed by atoms with van der Waals surface area (Å²) in [6.07, 6.45) is 4.16. The molecule has 14 heavy (non-hydrogen) atoms. The van der Waals surface area contributed by atoms with Gasteiger partial charge in [0, 0.05) is 18.3 Å². The Hall–Kier alpha value is -1.69. The zero-order valence-corrected chi connectivity index (χ0v) is 7.75. The number of rotatable bonds is 3. The highest BCUT2D eigenvalue weighted by Gasteiger charge is 2.14. The third-order valence-electron chi connectivity index (χ3n) is 2.01. The molecule has 6 heteroatoms. The molecule has 0 amide bonds. The molecule has 1 unspecified atom stereocenters. The van der Waals surface area contributed by atoms with E-state index in [2.05, 4.69) is 20.5 Å². The van der Waals surface area contributed by atoms with Crippen LogP contribution in [0, 0.1) is 0 Å². The number of aliphatic hydroxyl groups excluding tert-OH is 1. The van der Waals surface area contributed by atoms with Crippen molar-refractivity contribution in [2.24, 2.45) is 0 Å². The van der Waals surface area contributed by atoms with E-state index in [1.807, 2.05) is 6.92 Å². The second-order valence-electron chi connectivity index (χ2n) is 2.93. The van der Waals surface area contributed by atoms with Crippen molar-refractivity contribution < 1.29 is 5.11 Å². The van der Waals surface area contributed by atoms with E-state index >= 15 is 0 Å². The van der Waals surface area contributed by atoms with Crippen LogP contribution in [-0.4, -0.2) is 30.3 Å². The molecule has 0 bridgehead atoms. The minimum Gasteiger partial charge on any atom is -0.382 e. The summed E-state index contributed by atoms with van der Waals surface area (Å²) in [6, 6.07) is 0. The number of hydrogen-bond acceptors (Lipinski definition) is 4. The number of hydrogen-bond donors (Lipinski definition) is 2. The van der Waals surface area contributed by atoms with E-state index in [1.165, 1.54) is 6.20 Å². The van der Waals surface area contributed by atoms with Gasteiger partial charge in [-0.1, -0.05) is 0 Å². The van der Waals surface area contributed by atoms with Crippen LogP contribution in [0.25, 0.3) is 0 Å². The molecule has 0 saturated carbocycles. The van der Waals surface area contributed by atoms with Crippen molar-refractivity contribution >= 4 is 0 Å². The molecule has 2 aromatic heterocycles. The van der Waals surface area contributed by atoms with Crippen LogP contribution in [0.2, 0.25) is 0 Å². The standard InChI is InChI=1S/C8H11N5O/c1-2-13-5-6(3-10-13)8(14)7-4-9-12-11-7/h3-5,8,14H,2H2,1H3,(H,9,11,12). The SMILES string of the molecule is CCn1cc(C(O)c2cn[nH]n2)cn1. The van der Waals surface area contributed by atoms with Crippen LogP contribution in [-0.2, 0) is 6.54 Å². The van der Waals surface area contributed by atoms with Crippen LogP contribution in [0.1, 0.15) is 24.3 Å². The minimum absolute atomic E-state index is 0.501. The highest BCUT2D eigenvalue weighted by Crippen LogP contribution is 2.17. The zero-order valence-electron chi connectivity index (χ0n) is 7.75. The van der Waals surface area contributed by atoms with Crippen molar-refractivity contribution in [1.82, 2.24) is 25.2 Å². The Kier molecular flexibility index (Phi) is 2.28. The normalized spacial score (nSPS) is 13.0. The zero-order chi connectivity index (χ0) is 9.97. The maximum absolute atomic E-state index is 9.81. The molecule has 74 valence electrons. The van der Waals surface area contributed by atoms with Gasteiger partial charge in [0.05, 0.1) is 12.4 Å². The number of aromatic nitrogens is 5. The lowest BCUT2D eigenvalue weighted by atomic mass is 10.1. The van der Waals surface area contributed by atoms with Gasteiger partial charge in [-0.05, 0) is 6.92 Å². The molecule has 2 heterocycles. The third-order valence-corrected chi connectivity index (χ3v) is 2.01. The van der Waals surface area contributed by atoms with E-state index in [0.717, 1.165) is 12.1 Å². The molecule has 0 saturated heterocycles. The van der Waals surface area contributed by atoms with Crippen molar-refractivity contribution in [3.8, 4) is 0 Å². The molecule has 0 aromatic carbocycles. The van der Waals surface area contributed by atoms with Crippen molar-refractivity contribution in [1.29, 1.82) is 0 Å². The van der Waals surface area contributed by atoms with Gasteiger partial charge in [-0.15, -0.1) is 0 Å². The quantitative estimate of drug-likeness (QED) is 0.724. The lowest BCUT2D eigenvalue weighted by Crippen LogP contribution is -1.99. The second-order valence-corrected chi connectivity index (χ2v) is 2.93. The average Bonchev–Trinajstić information content (AvgIpc) is 2.88. The van der Waals surface area contributed by atoms with E-state index in [0.29, 0.717) is 5.69 Å². The Balaban J connectivity index is 2.23. The third kappa shape index (κ3) is 1.51. The van der Waals surface area contributed by atoms with Crippen molar-refractivity contribution in [2.45, 2.75) is 19.6 Å². The van der Waals surface area contributed by atoms with Gasteiger partial charge >= 0.3 is 0 Å². The fourth-order valence-corrected chi connectivity index (χ4v) is 1.21. The summed E-state index contributed by atoms with van der Waals surface area (Å²) in [6.45, 7) is 2.77. The van der Waals surface area contributed by atoms with Crippen LogP contribution in [0.4, 0.5) is 0 Å². The van der Waals surface area contributed by atoms with Gasteiger partial charge in [0.2, 0.25) is 0 Å². The van der Waals surface area contributed by atoms with Crippen LogP contribution < -0.4 is 0 Å². The van der Waals surface area contributed by atoms with Crippen LogP contribution in [0.5, 0.6) is 0 Å². The van der Waals surface area contributed by atoms with E-state index in [-0.39, 0.29) is 0 Å². The van der Waals surface area contributed by atoms with Crippen molar-refractivity contribution in [3.05, 3.63) is 29.8 Å². The molecular formula is C8H11N5O. The molecule has 2 N–H and O–H groups in total. The maximum Gasteiger partial charge on any atom is 0.127 e. The molecule has 0 aliphatic rings. The maximum atomic E-state index is 9.81. The molecule has 0 fully saturated rings. The van der Waals surface area contributed by atoms with E-state index in [1.54, 1.807) is 17.1 Å². The molecule has 2 aromatic rings. The van der Waals surface area contributed by atoms with Crippen LogP contribution >= 0.6 is 0 Å². The molecule has 0 radical (unpaired) electrons. The molecular weight excluding hydrogens is 182 g/mol. The monoisotopic (exact) mass is 193 g/mol. The highest BCUT2D eigenvalue weighted by molar-refractivity contribution is 5.17. The van der Waals surface area contributed by atoms with E-state index < -0.39 is 6.10 Å². The molecule has 0 aliphatic carbocycles. The smallest absolute Gasteiger partial charge is 0.127 e. The number of H-pyrrole nitrogens is 1. The number of nitrogens with one attached hydrogen (secondary N) is 1. The first kappa shape index (κ1) is 8.89. The Bertz CT molecular complexity index is 394. The Labute approximate surface area is 80.6 Å². The topological polar surface area (TPSA) is 79.6 Å². The first-order valence-electron chi connectivity index (χ1n) is 4.37. The molecule has 0 aliphatic heterocycles. The Morgan fingerprint density at radius 3 is 3.00 bits per heavy atom. The predicted octanol–water partition coefficient (Wildman–Crippen LogP) is 0.103. The number of nitrogens with zero attached hydrogens (tertiary/aromatic N) is 4. The van der Waals surface area contributed by atoms with Gasteiger partial charge in [-0.3, -0.25) is 4.68 Å². The summed E-state index contributed by atoms with van der Waals surface area (Å²) >= 11 is 0. The molecule has 6 nitrogen and oxygen atoms in total. The van der Waals surface area contributed by atoms with Gasteiger partial charge in [-0.2, -0.15) is 20.5 Å². The van der Waals surface area contributed by atoms with E-state index in [4.69, 9.17) is 0 Å². The highest BCUT2D eigenvalue weighted by atomic mass is 16.3. The Morgan fingerprint density at radius 2 is 2.43 bits per heavy atom. The van der Waals surface area contributed by atoms with E-state index in [9.17, 15) is 5.11 Å². The van der Waals surface area contributed by atoms with Gasteiger partial charge in [0.25, 0.3) is 0 Å². The summed E-state index contributed by atoms with van der Waals surface area (Å²) in [5.41, 5.74) is 1.22. The van der Waals surface area contributed by atoms with Gasteiger partial charge < -0.3 is 5.11 Å². The second kappa shape index (κ2) is 3.59. The summed E-state index contributed by atoms with van der Waals surface area (Å²) in [5, 5.41) is 23.8. The minimum atomic E-state index is -0.756. The fourth-order valence-electron chi connectivity index (χ4n) is 1.21. The van der Waals surface area contributed by atoms with Gasteiger partial charge in [0.1, 0.15) is 11.8 Å². The van der Waals surface area contributed by atoms with Crippen LogP contribution in [0.15, 0.2) is 18.6 Å². The first-order valence-corrected chi connectivity index (χ1v) is 4.37. The van der Waals surface area contributed by atoms with Crippen molar-refractivity contribution in [2.75, 3.05) is 0 Å². The first-order chi connectivity index (χ1) is 6.81. The number of aryl methyl sites for hydroxylation is 1. The largest absolute Gasteiger partial charge is 0.382 e. The number of aliphatic hydroxyl groups is 1. The fraction of sp³-hybridized carbons (Fsp3) is 0.375. The average molecular weight is 193 g/mol. The summed E-state index contributed by atoms with van der Waals surface area (Å²) < 4.78 is 1.75. The summed E-state index contributed by atoms with van der Waals surface area (Å²) in [4.78, 5) is 0. The van der Waals surface area contributed by atoms with Gasteiger partial charge in [0.15, 0.2) is 0 Å². The molecule has 2 rings (SSSR count). The summed E-state index contributed by atoms with van der Waals surface area (Å²) in [7, 11) is 0.